The maximum absolute atomic E-state index is 10.6. The first kappa shape index (κ1) is 13.0. The van der Waals surface area contributed by atoms with Crippen molar-refractivity contribution in [2.45, 2.75) is 0 Å². The average Bonchev–Trinajstić information content (AvgIpc) is 2.55. The van der Waals surface area contributed by atoms with Crippen molar-refractivity contribution in [2.75, 3.05) is 0 Å². The number of aromatic hydroxyl groups is 1. The third-order valence-corrected chi connectivity index (χ3v) is 3.90. The molecule has 0 saturated carbocycles. The fraction of sp³-hybridized carbons (Fsp3) is 0. The van der Waals surface area contributed by atoms with E-state index in [4.69, 9.17) is 11.6 Å². The van der Waals surface area contributed by atoms with E-state index in [2.05, 4.69) is 9.97 Å². The molecule has 0 saturated heterocycles. The molecule has 106 valence electrons. The first-order chi connectivity index (χ1) is 10.7. The minimum absolute atomic E-state index is 0.168. The molecule has 1 aromatic heterocycles. The van der Waals surface area contributed by atoms with E-state index in [0.29, 0.717) is 11.3 Å². The van der Waals surface area contributed by atoms with Crippen LogP contribution >= 0.6 is 11.6 Å². The summed E-state index contributed by atoms with van der Waals surface area (Å²) in [7, 11) is 0. The molecule has 0 radical (unpaired) electrons. The van der Waals surface area contributed by atoms with Crippen LogP contribution in [0.4, 0.5) is 0 Å². The van der Waals surface area contributed by atoms with Crippen LogP contribution in [0.3, 0.4) is 0 Å². The molecular formula is C18H11ClN2O. The molecule has 4 heteroatoms. The van der Waals surface area contributed by atoms with Gasteiger partial charge in [-0.1, -0.05) is 48.5 Å². The molecule has 0 atom stereocenters. The van der Waals surface area contributed by atoms with Gasteiger partial charge in [-0.25, -0.2) is 9.97 Å². The minimum atomic E-state index is 0.168. The SMILES string of the molecule is Oc1c(-c2nc(Cl)nc3ccccc23)ccc2ccccc12. The Hall–Kier alpha value is -2.65. The van der Waals surface area contributed by atoms with E-state index in [-0.39, 0.29) is 11.0 Å². The summed E-state index contributed by atoms with van der Waals surface area (Å²) in [5, 5.41) is 13.4. The number of aromatic nitrogens is 2. The van der Waals surface area contributed by atoms with Gasteiger partial charge >= 0.3 is 0 Å². The van der Waals surface area contributed by atoms with E-state index in [0.717, 1.165) is 21.7 Å². The second-order valence-corrected chi connectivity index (χ2v) is 5.38. The molecule has 0 aliphatic carbocycles. The Bertz CT molecular complexity index is 1010. The van der Waals surface area contributed by atoms with E-state index in [1.54, 1.807) is 0 Å². The molecule has 0 fully saturated rings. The van der Waals surface area contributed by atoms with E-state index < -0.39 is 0 Å². The summed E-state index contributed by atoms with van der Waals surface area (Å²) in [5.41, 5.74) is 2.04. The van der Waals surface area contributed by atoms with Crippen LogP contribution in [0.25, 0.3) is 32.9 Å². The van der Waals surface area contributed by atoms with Crippen molar-refractivity contribution >= 4 is 33.3 Å². The number of rotatable bonds is 1. The Morgan fingerprint density at radius 1 is 0.773 bits per heavy atom. The van der Waals surface area contributed by atoms with Gasteiger partial charge in [-0.2, -0.15) is 0 Å². The minimum Gasteiger partial charge on any atom is -0.507 e. The fourth-order valence-corrected chi connectivity index (χ4v) is 2.88. The summed E-state index contributed by atoms with van der Waals surface area (Å²) in [4.78, 5) is 8.56. The number of hydrogen-bond donors (Lipinski definition) is 1. The normalized spacial score (nSPS) is 11.1. The second-order valence-electron chi connectivity index (χ2n) is 5.04. The quantitative estimate of drug-likeness (QED) is 0.513. The summed E-state index contributed by atoms with van der Waals surface area (Å²) in [6.45, 7) is 0. The smallest absolute Gasteiger partial charge is 0.223 e. The average molecular weight is 307 g/mol. The lowest BCUT2D eigenvalue weighted by molar-refractivity contribution is 0.483. The molecule has 4 aromatic rings. The third-order valence-electron chi connectivity index (χ3n) is 3.73. The van der Waals surface area contributed by atoms with Gasteiger partial charge in [0, 0.05) is 16.3 Å². The van der Waals surface area contributed by atoms with E-state index in [1.165, 1.54) is 0 Å². The third kappa shape index (κ3) is 1.98. The zero-order chi connectivity index (χ0) is 15.1. The molecule has 3 nitrogen and oxygen atoms in total. The first-order valence-corrected chi connectivity index (χ1v) is 7.25. The number of phenolic OH excluding ortho intramolecular Hbond substituents is 1. The molecule has 0 amide bonds. The second kappa shape index (κ2) is 4.97. The summed E-state index contributed by atoms with van der Waals surface area (Å²) >= 11 is 6.04. The van der Waals surface area contributed by atoms with E-state index in [9.17, 15) is 5.11 Å². The fourth-order valence-electron chi connectivity index (χ4n) is 2.70. The van der Waals surface area contributed by atoms with E-state index in [1.807, 2.05) is 60.7 Å². The van der Waals surface area contributed by atoms with Crippen LogP contribution in [0, 0.1) is 0 Å². The van der Waals surface area contributed by atoms with Crippen LogP contribution in [0.15, 0.2) is 60.7 Å². The molecule has 0 aliphatic rings. The zero-order valence-electron chi connectivity index (χ0n) is 11.5. The van der Waals surface area contributed by atoms with Crippen LogP contribution in [-0.4, -0.2) is 15.1 Å². The molecule has 0 aliphatic heterocycles. The van der Waals surface area contributed by atoms with Crippen molar-refractivity contribution in [2.24, 2.45) is 0 Å². The Kier molecular flexibility index (Phi) is 2.94. The van der Waals surface area contributed by atoms with Crippen LogP contribution in [0.1, 0.15) is 0 Å². The Labute approximate surface area is 131 Å². The Balaban J connectivity index is 2.09. The van der Waals surface area contributed by atoms with Crippen molar-refractivity contribution in [3.05, 3.63) is 65.9 Å². The van der Waals surface area contributed by atoms with Crippen LogP contribution in [0.2, 0.25) is 5.28 Å². The highest BCUT2D eigenvalue weighted by atomic mass is 35.5. The van der Waals surface area contributed by atoms with Crippen molar-refractivity contribution < 1.29 is 5.11 Å². The number of para-hydroxylation sites is 1. The molecule has 0 bridgehead atoms. The predicted molar refractivity (Wildman–Crippen MR) is 89.2 cm³/mol. The largest absolute Gasteiger partial charge is 0.507 e. The molecule has 22 heavy (non-hydrogen) atoms. The number of halogens is 1. The number of phenols is 1. The number of fused-ring (bicyclic) bond motifs is 2. The Morgan fingerprint density at radius 3 is 2.36 bits per heavy atom. The lowest BCUT2D eigenvalue weighted by Crippen LogP contribution is -1.92. The van der Waals surface area contributed by atoms with Gasteiger partial charge < -0.3 is 5.11 Å². The van der Waals surface area contributed by atoms with Crippen molar-refractivity contribution in [3.63, 3.8) is 0 Å². The van der Waals surface area contributed by atoms with E-state index >= 15 is 0 Å². The monoisotopic (exact) mass is 306 g/mol. The van der Waals surface area contributed by atoms with Crippen molar-refractivity contribution in [3.8, 4) is 17.0 Å². The highest BCUT2D eigenvalue weighted by Gasteiger charge is 2.14. The number of hydrogen-bond acceptors (Lipinski definition) is 3. The lowest BCUT2D eigenvalue weighted by atomic mass is 10.0. The maximum Gasteiger partial charge on any atom is 0.223 e. The number of benzene rings is 3. The van der Waals surface area contributed by atoms with Gasteiger partial charge in [-0.05, 0) is 29.1 Å². The molecule has 3 aromatic carbocycles. The first-order valence-electron chi connectivity index (χ1n) is 6.87. The van der Waals surface area contributed by atoms with Gasteiger partial charge in [-0.15, -0.1) is 0 Å². The topological polar surface area (TPSA) is 46.0 Å². The molecule has 0 unspecified atom stereocenters. The molecular weight excluding hydrogens is 296 g/mol. The van der Waals surface area contributed by atoms with Gasteiger partial charge in [0.25, 0.3) is 0 Å². The summed E-state index contributed by atoms with van der Waals surface area (Å²) in [6.07, 6.45) is 0. The maximum atomic E-state index is 10.6. The predicted octanol–water partition coefficient (Wildman–Crippen LogP) is 4.81. The molecule has 0 spiro atoms. The van der Waals surface area contributed by atoms with Crippen LogP contribution < -0.4 is 0 Å². The molecule has 1 heterocycles. The van der Waals surface area contributed by atoms with Crippen molar-refractivity contribution in [1.82, 2.24) is 9.97 Å². The highest BCUT2D eigenvalue weighted by Crippen LogP contribution is 2.37. The standard InChI is InChI=1S/C18H11ClN2O/c19-18-20-15-8-4-3-7-13(15)16(21-18)14-10-9-11-5-1-2-6-12(11)17(14)22/h1-10,22H. The highest BCUT2D eigenvalue weighted by molar-refractivity contribution is 6.29. The zero-order valence-corrected chi connectivity index (χ0v) is 12.2. The molecule has 4 rings (SSSR count). The van der Waals surface area contributed by atoms with Gasteiger partial charge in [-0.3, -0.25) is 0 Å². The summed E-state index contributed by atoms with van der Waals surface area (Å²) in [6, 6.07) is 19.1. The molecule has 1 N–H and O–H groups in total. The van der Waals surface area contributed by atoms with Gasteiger partial charge in [0.2, 0.25) is 5.28 Å². The van der Waals surface area contributed by atoms with Gasteiger partial charge in [0.05, 0.1) is 11.2 Å². The Morgan fingerprint density at radius 2 is 1.50 bits per heavy atom. The summed E-state index contributed by atoms with van der Waals surface area (Å²) < 4.78 is 0. The van der Waals surface area contributed by atoms with Gasteiger partial charge in [0.15, 0.2) is 0 Å². The van der Waals surface area contributed by atoms with Gasteiger partial charge in [0.1, 0.15) is 5.75 Å². The van der Waals surface area contributed by atoms with Crippen LogP contribution in [0.5, 0.6) is 5.75 Å². The summed E-state index contributed by atoms with van der Waals surface area (Å²) in [5.74, 6) is 0.206. The lowest BCUT2D eigenvalue weighted by Gasteiger charge is -2.10. The van der Waals surface area contributed by atoms with Crippen molar-refractivity contribution in [1.29, 1.82) is 0 Å². The van der Waals surface area contributed by atoms with Crippen LogP contribution in [-0.2, 0) is 0 Å². The number of nitrogens with zero attached hydrogens (tertiary/aromatic N) is 2.